The molecule has 6 nitrogen and oxygen atoms in total. The Balaban J connectivity index is 1.70. The normalized spacial score (nSPS) is 15.2. The molecule has 0 unspecified atom stereocenters. The van der Waals surface area contributed by atoms with Crippen LogP contribution in [0.2, 0.25) is 0 Å². The lowest BCUT2D eigenvalue weighted by Crippen LogP contribution is -2.23. The van der Waals surface area contributed by atoms with Crippen molar-refractivity contribution in [1.82, 2.24) is 9.38 Å². The minimum atomic E-state index is -0.323. The largest absolute Gasteiger partial charge is 0.458 e. The van der Waals surface area contributed by atoms with Crippen molar-refractivity contribution >= 4 is 17.4 Å². The highest BCUT2D eigenvalue weighted by atomic mass is 16.5. The molecule has 27 heavy (non-hydrogen) atoms. The van der Waals surface area contributed by atoms with Gasteiger partial charge in [0.1, 0.15) is 29.5 Å². The van der Waals surface area contributed by atoms with E-state index in [1.54, 1.807) is 0 Å². The van der Waals surface area contributed by atoms with Gasteiger partial charge in [0.15, 0.2) is 5.76 Å². The number of hydrogen-bond acceptors (Lipinski definition) is 5. The highest BCUT2D eigenvalue weighted by Crippen LogP contribution is 2.33. The first-order valence-electron chi connectivity index (χ1n) is 9.58. The summed E-state index contributed by atoms with van der Waals surface area (Å²) in [7, 11) is 0. The molecule has 1 N–H and O–H groups in total. The number of pyridine rings is 1. The number of hydrogen-bond donors (Lipinski definition) is 1. The first-order chi connectivity index (χ1) is 13.1. The number of aryl methyl sites for hydroxylation is 1. The van der Waals surface area contributed by atoms with Gasteiger partial charge in [-0.15, -0.1) is 0 Å². The molecular formula is C21H25N3O3. The number of furan rings is 1. The Kier molecular flexibility index (Phi) is 4.88. The number of ether oxygens (including phenoxy) is 1. The Morgan fingerprint density at radius 1 is 1.30 bits per heavy atom. The summed E-state index contributed by atoms with van der Waals surface area (Å²) < 4.78 is 13.0. The highest BCUT2D eigenvalue weighted by Gasteiger charge is 2.21. The molecule has 4 rings (SSSR count). The van der Waals surface area contributed by atoms with Crippen molar-refractivity contribution in [3.63, 3.8) is 0 Å². The first-order valence-corrected chi connectivity index (χ1v) is 9.58. The molecule has 0 saturated heterocycles. The Labute approximate surface area is 158 Å². The van der Waals surface area contributed by atoms with Crippen LogP contribution >= 0.6 is 0 Å². The predicted molar refractivity (Wildman–Crippen MR) is 104 cm³/mol. The van der Waals surface area contributed by atoms with E-state index >= 15 is 0 Å². The Morgan fingerprint density at radius 3 is 2.89 bits per heavy atom. The minimum Gasteiger partial charge on any atom is -0.458 e. The molecule has 1 saturated carbocycles. The molecule has 0 spiro atoms. The average molecular weight is 367 g/mol. The van der Waals surface area contributed by atoms with Crippen LogP contribution in [0.3, 0.4) is 0 Å². The molecule has 0 amide bonds. The fourth-order valence-corrected chi connectivity index (χ4v) is 3.65. The molecule has 142 valence electrons. The van der Waals surface area contributed by atoms with Crippen LogP contribution in [0.5, 0.6) is 0 Å². The zero-order valence-electron chi connectivity index (χ0n) is 15.8. The summed E-state index contributed by atoms with van der Waals surface area (Å²) in [6.45, 7) is 3.58. The fourth-order valence-electron chi connectivity index (χ4n) is 3.65. The maximum atomic E-state index is 11.0. The maximum absolute atomic E-state index is 11.0. The van der Waals surface area contributed by atoms with E-state index in [4.69, 9.17) is 14.1 Å². The lowest BCUT2D eigenvalue weighted by atomic mass is 9.95. The zero-order valence-corrected chi connectivity index (χ0v) is 15.8. The van der Waals surface area contributed by atoms with Gasteiger partial charge in [-0.3, -0.25) is 9.20 Å². The van der Waals surface area contributed by atoms with Crippen LogP contribution in [-0.2, 0) is 16.1 Å². The maximum Gasteiger partial charge on any atom is 0.303 e. The summed E-state index contributed by atoms with van der Waals surface area (Å²) in [6.07, 6.45) is 8.24. The number of nitrogens with one attached hydrogen (secondary N) is 1. The van der Waals surface area contributed by atoms with E-state index in [-0.39, 0.29) is 12.6 Å². The third-order valence-electron chi connectivity index (χ3n) is 5.04. The number of anilines is 1. The number of aromatic nitrogens is 2. The Hall–Kier alpha value is -2.76. The molecule has 0 aliphatic heterocycles. The predicted octanol–water partition coefficient (Wildman–Crippen LogP) is 4.71. The summed E-state index contributed by atoms with van der Waals surface area (Å²) in [5, 5.41) is 3.70. The molecule has 0 radical (unpaired) electrons. The quantitative estimate of drug-likeness (QED) is 0.661. The second-order valence-electron chi connectivity index (χ2n) is 7.27. The number of fused-ring (bicyclic) bond motifs is 1. The van der Waals surface area contributed by atoms with E-state index in [1.165, 1.54) is 44.6 Å². The van der Waals surface area contributed by atoms with Gasteiger partial charge in [0, 0.05) is 19.2 Å². The molecule has 0 aromatic carbocycles. The lowest BCUT2D eigenvalue weighted by molar-refractivity contribution is -0.142. The Bertz CT molecular complexity index is 951. The average Bonchev–Trinajstić information content (AvgIpc) is 3.25. The van der Waals surface area contributed by atoms with Gasteiger partial charge >= 0.3 is 5.97 Å². The van der Waals surface area contributed by atoms with Crippen LogP contribution < -0.4 is 5.32 Å². The van der Waals surface area contributed by atoms with Crippen LogP contribution in [0.1, 0.15) is 50.4 Å². The number of esters is 1. The van der Waals surface area contributed by atoms with Crippen molar-refractivity contribution in [2.45, 2.75) is 58.6 Å². The van der Waals surface area contributed by atoms with E-state index in [9.17, 15) is 4.79 Å². The van der Waals surface area contributed by atoms with E-state index in [0.29, 0.717) is 17.6 Å². The molecule has 0 atom stereocenters. The third kappa shape index (κ3) is 3.84. The van der Waals surface area contributed by atoms with Crippen molar-refractivity contribution < 1.29 is 13.9 Å². The van der Waals surface area contributed by atoms with Crippen molar-refractivity contribution in [2.24, 2.45) is 0 Å². The summed E-state index contributed by atoms with van der Waals surface area (Å²) in [4.78, 5) is 15.8. The smallest absolute Gasteiger partial charge is 0.303 e. The van der Waals surface area contributed by atoms with Gasteiger partial charge in [-0.1, -0.05) is 19.3 Å². The van der Waals surface area contributed by atoms with Crippen LogP contribution in [0.25, 0.3) is 17.1 Å². The van der Waals surface area contributed by atoms with Gasteiger partial charge in [-0.2, -0.15) is 0 Å². The molecule has 6 heteroatoms. The van der Waals surface area contributed by atoms with E-state index in [2.05, 4.69) is 35.0 Å². The monoisotopic (exact) mass is 367 g/mol. The highest BCUT2D eigenvalue weighted by molar-refractivity contribution is 5.74. The second kappa shape index (κ2) is 7.47. The number of carbonyl (C=O) groups is 1. The van der Waals surface area contributed by atoms with Gasteiger partial charge in [0.2, 0.25) is 0 Å². The molecule has 3 aromatic heterocycles. The van der Waals surface area contributed by atoms with Gasteiger partial charge in [0.05, 0.1) is 0 Å². The summed E-state index contributed by atoms with van der Waals surface area (Å²) in [5.74, 6) is 1.93. The molecule has 1 aliphatic carbocycles. The minimum absolute atomic E-state index is 0.132. The first kappa shape index (κ1) is 17.6. The molecule has 3 heterocycles. The zero-order chi connectivity index (χ0) is 18.8. The van der Waals surface area contributed by atoms with Gasteiger partial charge in [-0.25, -0.2) is 4.98 Å². The van der Waals surface area contributed by atoms with Gasteiger partial charge in [0.25, 0.3) is 0 Å². The number of carbonyl (C=O) groups excluding carboxylic acids is 1. The lowest BCUT2D eigenvalue weighted by Gasteiger charge is -2.24. The molecule has 1 aliphatic rings. The van der Waals surface area contributed by atoms with Crippen LogP contribution in [-0.4, -0.2) is 21.4 Å². The standard InChI is InChI=1S/C21H25N3O3/c1-14-10-11-24-19(12-14)23-20(21(24)22-16-6-4-3-5-7-16)18-9-8-17(27-18)13-26-15(2)25/h8-12,16,22H,3-7,13H2,1-2H3. The van der Waals surface area contributed by atoms with E-state index in [0.717, 1.165) is 17.2 Å². The number of rotatable bonds is 5. The second-order valence-corrected chi connectivity index (χ2v) is 7.27. The van der Waals surface area contributed by atoms with Crippen molar-refractivity contribution in [3.8, 4) is 11.5 Å². The molecule has 0 bridgehead atoms. The summed E-state index contributed by atoms with van der Waals surface area (Å²) in [5.41, 5.74) is 2.85. The van der Waals surface area contributed by atoms with E-state index < -0.39 is 0 Å². The topological polar surface area (TPSA) is 68.8 Å². The van der Waals surface area contributed by atoms with Gasteiger partial charge in [-0.05, 0) is 49.6 Å². The van der Waals surface area contributed by atoms with Crippen molar-refractivity contribution in [2.75, 3.05) is 5.32 Å². The number of nitrogens with zero attached hydrogens (tertiary/aromatic N) is 2. The van der Waals surface area contributed by atoms with Crippen molar-refractivity contribution in [3.05, 3.63) is 41.8 Å². The third-order valence-corrected chi connectivity index (χ3v) is 5.04. The molecular weight excluding hydrogens is 342 g/mol. The van der Waals surface area contributed by atoms with Crippen LogP contribution in [0.4, 0.5) is 5.82 Å². The summed E-state index contributed by atoms with van der Waals surface area (Å²) in [6, 6.07) is 8.32. The Morgan fingerprint density at radius 2 is 2.11 bits per heavy atom. The van der Waals surface area contributed by atoms with Crippen LogP contribution in [0, 0.1) is 6.92 Å². The molecule has 3 aromatic rings. The SMILES string of the molecule is CC(=O)OCc1ccc(-c2nc3cc(C)ccn3c2NC2CCCCC2)o1. The van der Waals surface area contributed by atoms with Crippen molar-refractivity contribution in [1.29, 1.82) is 0 Å². The fraction of sp³-hybridized carbons (Fsp3) is 0.429. The van der Waals surface area contributed by atoms with Gasteiger partial charge < -0.3 is 14.5 Å². The van der Waals surface area contributed by atoms with Crippen LogP contribution in [0.15, 0.2) is 34.9 Å². The van der Waals surface area contributed by atoms with E-state index in [1.807, 2.05) is 12.1 Å². The number of imidazole rings is 1. The summed E-state index contributed by atoms with van der Waals surface area (Å²) >= 11 is 0. The molecule has 1 fully saturated rings.